The molecule has 0 amide bonds. The molecule has 0 atom stereocenters. The lowest BCUT2D eigenvalue weighted by molar-refractivity contribution is 0.660. The third-order valence-electron chi connectivity index (χ3n) is 10.7. The SMILES string of the molecule is CC1(C)c2ccc(-c3ccc(-c4cccc5c4oc4ccccc45)cc3)cc2-c2ccc(-c3cccc4c3-c3ccccc3C4)cc21. The smallest absolute Gasteiger partial charge is 0.143 e. The van der Waals surface area contributed by atoms with Crippen LogP contribution in [0.25, 0.3) is 77.6 Å². The normalized spacial score (nSPS) is 13.8. The molecule has 222 valence electrons. The highest BCUT2D eigenvalue weighted by Gasteiger charge is 2.36. The maximum atomic E-state index is 6.33. The quantitative estimate of drug-likeness (QED) is 0.197. The fourth-order valence-corrected chi connectivity index (χ4v) is 8.35. The summed E-state index contributed by atoms with van der Waals surface area (Å²) in [5, 5.41) is 2.32. The highest BCUT2D eigenvalue weighted by Crippen LogP contribution is 2.52. The molecule has 2 aliphatic carbocycles. The van der Waals surface area contributed by atoms with Gasteiger partial charge in [-0.1, -0.05) is 141 Å². The molecule has 0 saturated heterocycles. The van der Waals surface area contributed by atoms with E-state index in [0.29, 0.717) is 0 Å². The molecule has 2 aliphatic rings. The van der Waals surface area contributed by atoms with Gasteiger partial charge in [0.2, 0.25) is 0 Å². The topological polar surface area (TPSA) is 13.1 Å². The molecule has 7 aromatic carbocycles. The van der Waals surface area contributed by atoms with E-state index in [-0.39, 0.29) is 5.41 Å². The zero-order valence-corrected chi connectivity index (χ0v) is 26.5. The maximum absolute atomic E-state index is 6.33. The Morgan fingerprint density at radius 3 is 2.04 bits per heavy atom. The summed E-state index contributed by atoms with van der Waals surface area (Å²) in [6, 6.07) is 53.5. The van der Waals surface area contributed by atoms with Crippen LogP contribution in [0.15, 0.2) is 150 Å². The van der Waals surface area contributed by atoms with E-state index in [2.05, 4.69) is 147 Å². The Morgan fingerprint density at radius 1 is 0.447 bits per heavy atom. The van der Waals surface area contributed by atoms with Crippen LogP contribution in [-0.2, 0) is 11.8 Å². The fraction of sp³-hybridized carbons (Fsp3) is 0.0870. The van der Waals surface area contributed by atoms with Crippen LogP contribution in [0.2, 0.25) is 0 Å². The summed E-state index contributed by atoms with van der Waals surface area (Å²) in [6.45, 7) is 4.75. The Morgan fingerprint density at radius 2 is 1.13 bits per heavy atom. The first-order valence-corrected chi connectivity index (χ1v) is 16.6. The number of fused-ring (bicyclic) bond motifs is 9. The van der Waals surface area contributed by atoms with Crippen molar-refractivity contribution in [2.75, 3.05) is 0 Å². The van der Waals surface area contributed by atoms with E-state index in [0.717, 1.165) is 39.5 Å². The molecule has 47 heavy (non-hydrogen) atoms. The molecule has 0 unspecified atom stereocenters. The first-order chi connectivity index (χ1) is 23.0. The van der Waals surface area contributed by atoms with E-state index in [1.807, 2.05) is 12.1 Å². The van der Waals surface area contributed by atoms with Gasteiger partial charge in [-0.15, -0.1) is 0 Å². The van der Waals surface area contributed by atoms with E-state index >= 15 is 0 Å². The van der Waals surface area contributed by atoms with Gasteiger partial charge in [-0.3, -0.25) is 0 Å². The summed E-state index contributed by atoms with van der Waals surface area (Å²) in [6.07, 6.45) is 1.01. The van der Waals surface area contributed by atoms with Crippen molar-refractivity contribution in [1.82, 2.24) is 0 Å². The van der Waals surface area contributed by atoms with E-state index in [4.69, 9.17) is 4.42 Å². The second-order valence-electron chi connectivity index (χ2n) is 13.7. The van der Waals surface area contributed by atoms with Crippen molar-refractivity contribution in [2.24, 2.45) is 0 Å². The standard InChI is InChI=1S/C46H32O/c1-46(2)41-24-22-30(28-17-19-29(20-18-28)36-14-8-15-39-38-12-5-6-16-43(38)47-45(36)39)26-40(41)37-23-21-32(27-42(37)46)35-13-7-10-33-25-31-9-3-4-11-34(31)44(33)35/h3-24,26-27H,25H2,1-2H3. The Labute approximate surface area is 274 Å². The van der Waals surface area contributed by atoms with Crippen molar-refractivity contribution < 1.29 is 4.42 Å². The monoisotopic (exact) mass is 600 g/mol. The molecule has 1 heteroatoms. The molecule has 0 spiro atoms. The van der Waals surface area contributed by atoms with Gasteiger partial charge in [0.1, 0.15) is 11.2 Å². The average Bonchev–Trinajstić information content (AvgIpc) is 3.76. The van der Waals surface area contributed by atoms with Crippen molar-refractivity contribution in [1.29, 1.82) is 0 Å². The van der Waals surface area contributed by atoms with Gasteiger partial charge in [0.05, 0.1) is 0 Å². The molecule has 0 fully saturated rings. The van der Waals surface area contributed by atoms with Gasteiger partial charge < -0.3 is 4.42 Å². The molecule has 0 saturated carbocycles. The van der Waals surface area contributed by atoms with Crippen LogP contribution in [0.4, 0.5) is 0 Å². The summed E-state index contributed by atoms with van der Waals surface area (Å²) in [5.41, 5.74) is 20.3. The minimum Gasteiger partial charge on any atom is -0.455 e. The highest BCUT2D eigenvalue weighted by molar-refractivity contribution is 6.09. The first kappa shape index (κ1) is 26.5. The van der Waals surface area contributed by atoms with Crippen molar-refractivity contribution >= 4 is 21.9 Å². The van der Waals surface area contributed by atoms with Crippen LogP contribution in [0.5, 0.6) is 0 Å². The predicted molar refractivity (Wildman–Crippen MR) is 196 cm³/mol. The van der Waals surface area contributed by atoms with Crippen LogP contribution in [0, 0.1) is 0 Å². The number of para-hydroxylation sites is 2. The molecule has 8 aromatic rings. The summed E-state index contributed by atoms with van der Waals surface area (Å²) in [7, 11) is 0. The van der Waals surface area contributed by atoms with Crippen molar-refractivity contribution in [3.05, 3.63) is 168 Å². The van der Waals surface area contributed by atoms with E-state index in [1.54, 1.807) is 0 Å². The molecule has 0 radical (unpaired) electrons. The number of hydrogen-bond acceptors (Lipinski definition) is 1. The zero-order chi connectivity index (χ0) is 31.3. The first-order valence-electron chi connectivity index (χ1n) is 16.6. The summed E-state index contributed by atoms with van der Waals surface area (Å²) in [5.74, 6) is 0. The fourth-order valence-electron chi connectivity index (χ4n) is 8.35. The minimum atomic E-state index is -0.0792. The molecule has 1 heterocycles. The third kappa shape index (κ3) is 3.84. The molecule has 10 rings (SSSR count). The summed E-state index contributed by atoms with van der Waals surface area (Å²) in [4.78, 5) is 0. The average molecular weight is 601 g/mol. The van der Waals surface area contributed by atoms with Crippen LogP contribution in [0.3, 0.4) is 0 Å². The Kier molecular flexibility index (Phi) is 5.46. The van der Waals surface area contributed by atoms with Crippen molar-refractivity contribution in [2.45, 2.75) is 25.7 Å². The summed E-state index contributed by atoms with van der Waals surface area (Å²) < 4.78 is 6.33. The van der Waals surface area contributed by atoms with Crippen molar-refractivity contribution in [3.63, 3.8) is 0 Å². The Bertz CT molecular complexity index is 2560. The lowest BCUT2D eigenvalue weighted by atomic mass is 9.81. The van der Waals surface area contributed by atoms with Gasteiger partial charge in [0.25, 0.3) is 0 Å². The molecule has 0 N–H and O–H groups in total. The lowest BCUT2D eigenvalue weighted by Gasteiger charge is -2.22. The van der Waals surface area contributed by atoms with E-state index < -0.39 is 0 Å². The van der Waals surface area contributed by atoms with Crippen LogP contribution >= 0.6 is 0 Å². The molecule has 0 bridgehead atoms. The Hall–Kier alpha value is -5.66. The van der Waals surface area contributed by atoms with Gasteiger partial charge in [-0.05, 0) is 96.9 Å². The second-order valence-corrected chi connectivity index (χ2v) is 13.7. The maximum Gasteiger partial charge on any atom is 0.143 e. The zero-order valence-electron chi connectivity index (χ0n) is 26.5. The van der Waals surface area contributed by atoms with Crippen LogP contribution in [-0.4, -0.2) is 0 Å². The number of rotatable bonds is 3. The molecule has 1 aromatic heterocycles. The van der Waals surface area contributed by atoms with Gasteiger partial charge in [0.15, 0.2) is 0 Å². The van der Waals surface area contributed by atoms with E-state index in [1.165, 1.54) is 66.8 Å². The number of furan rings is 1. The predicted octanol–water partition coefficient (Wildman–Crippen LogP) is 12.5. The van der Waals surface area contributed by atoms with Crippen molar-refractivity contribution in [3.8, 4) is 55.6 Å². The second kappa shape index (κ2) is 9.67. The third-order valence-corrected chi connectivity index (χ3v) is 10.7. The Balaban J connectivity index is 1.03. The van der Waals surface area contributed by atoms with Gasteiger partial charge in [0, 0.05) is 21.8 Å². The number of hydrogen-bond donors (Lipinski definition) is 0. The van der Waals surface area contributed by atoms with Gasteiger partial charge in [-0.2, -0.15) is 0 Å². The number of benzene rings is 7. The van der Waals surface area contributed by atoms with Gasteiger partial charge in [-0.25, -0.2) is 0 Å². The molecular formula is C46H32O. The lowest BCUT2D eigenvalue weighted by Crippen LogP contribution is -2.15. The minimum absolute atomic E-state index is 0.0792. The van der Waals surface area contributed by atoms with Crippen LogP contribution in [0.1, 0.15) is 36.1 Å². The molecular weight excluding hydrogens is 569 g/mol. The highest BCUT2D eigenvalue weighted by atomic mass is 16.3. The van der Waals surface area contributed by atoms with Gasteiger partial charge >= 0.3 is 0 Å². The molecule has 1 nitrogen and oxygen atoms in total. The van der Waals surface area contributed by atoms with E-state index in [9.17, 15) is 0 Å². The summed E-state index contributed by atoms with van der Waals surface area (Å²) >= 11 is 0. The largest absolute Gasteiger partial charge is 0.455 e. The van der Waals surface area contributed by atoms with Crippen LogP contribution < -0.4 is 0 Å². The molecule has 0 aliphatic heterocycles.